The predicted molar refractivity (Wildman–Crippen MR) is 80.1 cm³/mol. The fourth-order valence-electron chi connectivity index (χ4n) is 1.99. The first-order chi connectivity index (χ1) is 10.0. The highest BCUT2D eigenvalue weighted by Crippen LogP contribution is 2.17. The summed E-state index contributed by atoms with van der Waals surface area (Å²) in [7, 11) is -2.00. The lowest BCUT2D eigenvalue weighted by Crippen LogP contribution is -2.27. The summed E-state index contributed by atoms with van der Waals surface area (Å²) in [5.41, 5.74) is 1.68. The summed E-state index contributed by atoms with van der Waals surface area (Å²) >= 11 is 0. The number of hydrogen-bond donors (Lipinski definition) is 1. The molecule has 1 atom stereocenters. The number of nitrogens with zero attached hydrogens (tertiary/aromatic N) is 1. The Hall–Kier alpha value is -1.76. The third kappa shape index (κ3) is 4.10. The molecule has 0 saturated heterocycles. The first-order valence-electron chi connectivity index (χ1n) is 6.53. The van der Waals surface area contributed by atoms with E-state index in [1.807, 2.05) is 6.07 Å². The summed E-state index contributed by atoms with van der Waals surface area (Å²) in [6, 6.07) is 9.97. The van der Waals surface area contributed by atoms with Gasteiger partial charge in [0.15, 0.2) is 0 Å². The second-order valence-corrected chi connectivity index (χ2v) is 6.42. The number of pyridine rings is 1. The predicted octanol–water partition coefficient (Wildman–Crippen LogP) is 2.27. The number of benzene rings is 1. The molecule has 0 aliphatic carbocycles. The smallest absolute Gasteiger partial charge is 0.241 e. The van der Waals surface area contributed by atoms with Crippen LogP contribution >= 0.6 is 0 Å². The third-order valence-electron chi connectivity index (χ3n) is 3.06. The minimum Gasteiger partial charge on any atom is -0.380 e. The summed E-state index contributed by atoms with van der Waals surface area (Å²) in [6.07, 6.45) is 3.28. The zero-order valence-corrected chi connectivity index (χ0v) is 12.8. The van der Waals surface area contributed by atoms with E-state index in [4.69, 9.17) is 4.74 Å². The maximum atomic E-state index is 12.4. The van der Waals surface area contributed by atoms with Crippen LogP contribution in [0.25, 0.3) is 0 Å². The van der Waals surface area contributed by atoms with Crippen molar-refractivity contribution >= 4 is 10.0 Å². The largest absolute Gasteiger partial charge is 0.380 e. The van der Waals surface area contributed by atoms with E-state index in [9.17, 15) is 8.42 Å². The molecule has 0 amide bonds. The normalized spacial score (nSPS) is 13.0. The summed E-state index contributed by atoms with van der Waals surface area (Å²) in [6.45, 7) is 2.18. The Labute approximate surface area is 125 Å². The molecule has 1 heterocycles. The van der Waals surface area contributed by atoms with Crippen molar-refractivity contribution in [2.45, 2.75) is 24.5 Å². The first-order valence-corrected chi connectivity index (χ1v) is 8.01. The van der Waals surface area contributed by atoms with Crippen LogP contribution in [0.15, 0.2) is 53.7 Å². The van der Waals surface area contributed by atoms with Gasteiger partial charge >= 0.3 is 0 Å². The minimum absolute atomic E-state index is 0.234. The van der Waals surface area contributed by atoms with Gasteiger partial charge in [0.1, 0.15) is 0 Å². The Morgan fingerprint density at radius 3 is 2.62 bits per heavy atom. The van der Waals surface area contributed by atoms with Gasteiger partial charge in [-0.2, -0.15) is 0 Å². The van der Waals surface area contributed by atoms with Gasteiger partial charge in [-0.15, -0.1) is 0 Å². The van der Waals surface area contributed by atoms with Crippen molar-refractivity contribution < 1.29 is 13.2 Å². The Kier molecular flexibility index (Phi) is 5.06. The van der Waals surface area contributed by atoms with Crippen molar-refractivity contribution in [1.29, 1.82) is 0 Å². The summed E-state index contributed by atoms with van der Waals surface area (Å²) in [4.78, 5) is 4.16. The lowest BCUT2D eigenvalue weighted by atomic mass is 10.1. The highest BCUT2D eigenvalue weighted by molar-refractivity contribution is 7.89. The van der Waals surface area contributed by atoms with Crippen molar-refractivity contribution in [2.24, 2.45) is 0 Å². The van der Waals surface area contributed by atoms with Crippen LogP contribution in [-0.4, -0.2) is 20.5 Å². The van der Waals surface area contributed by atoms with Gasteiger partial charge < -0.3 is 4.74 Å². The lowest BCUT2D eigenvalue weighted by Gasteiger charge is -2.15. The van der Waals surface area contributed by atoms with Crippen LogP contribution in [-0.2, 0) is 21.4 Å². The maximum Gasteiger partial charge on any atom is 0.241 e. The van der Waals surface area contributed by atoms with Crippen LogP contribution in [0, 0.1) is 0 Å². The molecule has 0 radical (unpaired) electrons. The fraction of sp³-hybridized carbons (Fsp3) is 0.267. The van der Waals surface area contributed by atoms with Crippen molar-refractivity contribution in [2.75, 3.05) is 7.11 Å². The van der Waals surface area contributed by atoms with Crippen molar-refractivity contribution in [1.82, 2.24) is 9.71 Å². The van der Waals surface area contributed by atoms with Gasteiger partial charge in [-0.1, -0.05) is 12.1 Å². The van der Waals surface area contributed by atoms with E-state index < -0.39 is 10.0 Å². The number of ether oxygens (including phenoxy) is 1. The van der Waals surface area contributed by atoms with Gasteiger partial charge in [0.05, 0.1) is 11.5 Å². The van der Waals surface area contributed by atoms with Gasteiger partial charge in [-0.3, -0.25) is 4.98 Å². The van der Waals surface area contributed by atoms with Gasteiger partial charge in [0.25, 0.3) is 0 Å². The average Bonchev–Trinajstić information content (AvgIpc) is 2.48. The summed E-state index contributed by atoms with van der Waals surface area (Å²) < 4.78 is 32.5. The zero-order valence-electron chi connectivity index (χ0n) is 12.0. The molecule has 0 saturated carbocycles. The Morgan fingerprint density at radius 1 is 1.24 bits per heavy atom. The SMILES string of the molecule is COCc1cccc(S(=O)(=O)N[C@H](C)c2ccncc2)c1. The number of hydrogen-bond acceptors (Lipinski definition) is 4. The van der Waals surface area contributed by atoms with Gasteiger partial charge in [0, 0.05) is 25.5 Å². The molecule has 1 N–H and O–H groups in total. The van der Waals surface area contributed by atoms with Gasteiger partial charge in [-0.05, 0) is 42.3 Å². The van der Waals surface area contributed by atoms with Crippen molar-refractivity contribution in [3.05, 3.63) is 59.9 Å². The Balaban J connectivity index is 2.20. The molecular formula is C15H18N2O3S. The number of nitrogens with one attached hydrogen (secondary N) is 1. The summed E-state index contributed by atoms with van der Waals surface area (Å²) in [5, 5.41) is 0. The molecule has 1 aromatic carbocycles. The monoisotopic (exact) mass is 306 g/mol. The number of methoxy groups -OCH3 is 1. The second-order valence-electron chi connectivity index (χ2n) is 4.70. The number of rotatable bonds is 6. The van der Waals surface area contributed by atoms with Crippen LogP contribution < -0.4 is 4.72 Å². The molecule has 0 fully saturated rings. The van der Waals surface area contributed by atoms with Gasteiger partial charge in [-0.25, -0.2) is 13.1 Å². The molecule has 0 unspecified atom stereocenters. The van der Waals surface area contributed by atoms with Crippen molar-refractivity contribution in [3.63, 3.8) is 0 Å². The van der Waals surface area contributed by atoms with E-state index in [2.05, 4.69) is 9.71 Å². The van der Waals surface area contributed by atoms with E-state index in [0.717, 1.165) is 11.1 Å². The quantitative estimate of drug-likeness (QED) is 0.889. The molecule has 21 heavy (non-hydrogen) atoms. The molecule has 0 bridgehead atoms. The first kappa shape index (κ1) is 15.6. The molecule has 1 aromatic heterocycles. The minimum atomic E-state index is -3.57. The fourth-order valence-corrected chi connectivity index (χ4v) is 3.29. The molecule has 6 heteroatoms. The molecule has 112 valence electrons. The van der Waals surface area contributed by atoms with Crippen LogP contribution in [0.4, 0.5) is 0 Å². The summed E-state index contributed by atoms with van der Waals surface area (Å²) in [5.74, 6) is 0. The van der Waals surface area contributed by atoms with Crippen molar-refractivity contribution in [3.8, 4) is 0 Å². The van der Waals surface area contributed by atoms with Crippen LogP contribution in [0.3, 0.4) is 0 Å². The molecule has 5 nitrogen and oxygen atoms in total. The highest BCUT2D eigenvalue weighted by Gasteiger charge is 2.18. The van der Waals surface area contributed by atoms with Gasteiger partial charge in [0.2, 0.25) is 10.0 Å². The van der Waals surface area contributed by atoms with Crippen LogP contribution in [0.1, 0.15) is 24.1 Å². The molecule has 2 aromatic rings. The average molecular weight is 306 g/mol. The van der Waals surface area contributed by atoms with E-state index >= 15 is 0 Å². The third-order valence-corrected chi connectivity index (χ3v) is 4.60. The molecule has 2 rings (SSSR count). The Bertz CT molecular complexity index is 687. The number of sulfonamides is 1. The Morgan fingerprint density at radius 2 is 1.95 bits per heavy atom. The molecular weight excluding hydrogens is 288 g/mol. The van der Waals surface area contributed by atoms with E-state index in [1.165, 1.54) is 0 Å². The number of aromatic nitrogens is 1. The zero-order chi connectivity index (χ0) is 15.3. The van der Waals surface area contributed by atoms with Crippen LogP contribution in [0.5, 0.6) is 0 Å². The van der Waals surface area contributed by atoms with E-state index in [1.54, 1.807) is 56.8 Å². The van der Waals surface area contributed by atoms with E-state index in [-0.39, 0.29) is 10.9 Å². The van der Waals surface area contributed by atoms with Crippen LogP contribution in [0.2, 0.25) is 0 Å². The standard InChI is InChI=1S/C15H18N2O3S/c1-12(14-6-8-16-9-7-14)17-21(18,19)15-5-3-4-13(10-15)11-20-2/h3-10,12,17H,11H2,1-2H3/t12-/m1/s1. The lowest BCUT2D eigenvalue weighted by molar-refractivity contribution is 0.184. The topological polar surface area (TPSA) is 68.3 Å². The highest BCUT2D eigenvalue weighted by atomic mass is 32.2. The molecule has 0 aliphatic rings. The molecule has 0 aliphatic heterocycles. The maximum absolute atomic E-state index is 12.4. The molecule has 0 spiro atoms. The second kappa shape index (κ2) is 6.80. The van der Waals surface area contributed by atoms with E-state index in [0.29, 0.717) is 6.61 Å².